The average molecular weight is 223 g/mol. The molecule has 0 heterocycles. The van der Waals surface area contributed by atoms with Crippen LogP contribution in [0.3, 0.4) is 0 Å². The summed E-state index contributed by atoms with van der Waals surface area (Å²) in [5, 5.41) is 3.32. The van der Waals surface area contributed by atoms with Crippen molar-refractivity contribution < 1.29 is 4.39 Å². The summed E-state index contributed by atoms with van der Waals surface area (Å²) in [6.45, 7) is 10.4. The molecule has 0 aliphatic rings. The molecule has 0 fully saturated rings. The number of hydrogen-bond donors (Lipinski definition) is 1. The first-order valence-electron chi connectivity index (χ1n) is 5.87. The topological polar surface area (TPSA) is 12.0 Å². The smallest absolute Gasteiger partial charge is 0.127 e. The van der Waals surface area contributed by atoms with Crippen molar-refractivity contribution in [1.82, 2.24) is 5.32 Å². The third kappa shape index (κ3) is 3.60. The van der Waals surface area contributed by atoms with E-state index in [1.54, 1.807) is 6.07 Å². The molecule has 1 N–H and O–H groups in total. The molecule has 90 valence electrons. The van der Waals surface area contributed by atoms with E-state index in [-0.39, 0.29) is 11.2 Å². The molecule has 0 atom stereocenters. The van der Waals surface area contributed by atoms with Gasteiger partial charge in [0, 0.05) is 18.7 Å². The van der Waals surface area contributed by atoms with E-state index in [4.69, 9.17) is 0 Å². The monoisotopic (exact) mass is 223 g/mol. The Morgan fingerprint density at radius 2 is 1.88 bits per heavy atom. The van der Waals surface area contributed by atoms with Crippen molar-refractivity contribution >= 4 is 0 Å². The maximum atomic E-state index is 13.3. The summed E-state index contributed by atoms with van der Waals surface area (Å²) in [5.41, 5.74) is 0.979. The van der Waals surface area contributed by atoms with Crippen LogP contribution in [0, 0.1) is 17.2 Å². The zero-order valence-corrected chi connectivity index (χ0v) is 10.7. The molecule has 0 saturated heterocycles. The number of hydrogen-bond acceptors (Lipinski definition) is 1. The fraction of sp³-hybridized carbons (Fsp3) is 0.571. The van der Waals surface area contributed by atoms with Gasteiger partial charge in [0.2, 0.25) is 0 Å². The summed E-state index contributed by atoms with van der Waals surface area (Å²) in [5.74, 6) is 0.484. The second-order valence-electron chi connectivity index (χ2n) is 5.34. The molecule has 0 bridgehead atoms. The summed E-state index contributed by atoms with van der Waals surface area (Å²) in [7, 11) is 0. The lowest BCUT2D eigenvalue weighted by molar-refractivity contribution is 0.237. The molecule has 1 nitrogen and oxygen atoms in total. The molecule has 0 aromatic heterocycles. The average Bonchev–Trinajstić information content (AvgIpc) is 2.20. The van der Waals surface area contributed by atoms with E-state index in [1.165, 1.54) is 6.07 Å². The number of rotatable bonds is 5. The lowest BCUT2D eigenvalue weighted by Gasteiger charge is -2.29. The Kier molecular flexibility index (Phi) is 4.48. The predicted octanol–water partition coefficient (Wildman–Crippen LogP) is 3.60. The molecule has 2 heteroatoms. The first-order valence-corrected chi connectivity index (χ1v) is 5.87. The van der Waals surface area contributed by atoms with Gasteiger partial charge >= 0.3 is 0 Å². The normalized spacial score (nSPS) is 12.1. The van der Waals surface area contributed by atoms with Crippen molar-refractivity contribution in [2.75, 3.05) is 6.54 Å². The van der Waals surface area contributed by atoms with E-state index in [1.807, 2.05) is 12.1 Å². The molecule has 0 aliphatic carbocycles. The fourth-order valence-corrected chi connectivity index (χ4v) is 1.37. The number of nitrogens with one attached hydrogen (secondary N) is 1. The van der Waals surface area contributed by atoms with Gasteiger partial charge in [0.15, 0.2) is 0 Å². The largest absolute Gasteiger partial charge is 0.312 e. The van der Waals surface area contributed by atoms with Crippen molar-refractivity contribution in [3.8, 4) is 0 Å². The Bertz CT molecular complexity index is 331. The molecule has 1 aromatic rings. The minimum Gasteiger partial charge on any atom is -0.312 e. The molecule has 0 saturated carbocycles. The highest BCUT2D eigenvalue weighted by atomic mass is 19.1. The van der Waals surface area contributed by atoms with Gasteiger partial charge in [-0.1, -0.05) is 45.9 Å². The summed E-state index contributed by atoms with van der Waals surface area (Å²) in [4.78, 5) is 0. The van der Waals surface area contributed by atoms with Gasteiger partial charge in [-0.15, -0.1) is 0 Å². The summed E-state index contributed by atoms with van der Waals surface area (Å²) in [6.07, 6.45) is 0. The fourth-order valence-electron chi connectivity index (χ4n) is 1.37. The predicted molar refractivity (Wildman–Crippen MR) is 66.7 cm³/mol. The van der Waals surface area contributed by atoms with Crippen LogP contribution < -0.4 is 5.32 Å². The van der Waals surface area contributed by atoms with Crippen LogP contribution in [0.5, 0.6) is 0 Å². The molecule has 0 aliphatic heterocycles. The Morgan fingerprint density at radius 1 is 1.25 bits per heavy atom. The van der Waals surface area contributed by atoms with Crippen LogP contribution in [-0.4, -0.2) is 6.54 Å². The molecule has 1 aromatic carbocycles. The second kappa shape index (κ2) is 5.44. The summed E-state index contributed by atoms with van der Waals surface area (Å²) in [6, 6.07) is 6.92. The van der Waals surface area contributed by atoms with Gasteiger partial charge in [-0.2, -0.15) is 0 Å². The lowest BCUT2D eigenvalue weighted by atomic mass is 9.81. The SMILES string of the molecule is CC(C)C(C)(C)CNCc1ccccc1F. The van der Waals surface area contributed by atoms with Gasteiger partial charge in [-0.05, 0) is 17.4 Å². The van der Waals surface area contributed by atoms with Crippen LogP contribution in [0.1, 0.15) is 33.3 Å². The lowest BCUT2D eigenvalue weighted by Crippen LogP contribution is -2.33. The second-order valence-corrected chi connectivity index (χ2v) is 5.34. The van der Waals surface area contributed by atoms with Gasteiger partial charge in [-0.25, -0.2) is 4.39 Å². The van der Waals surface area contributed by atoms with Gasteiger partial charge in [0.05, 0.1) is 0 Å². The highest BCUT2D eigenvalue weighted by Gasteiger charge is 2.21. The van der Waals surface area contributed by atoms with E-state index in [9.17, 15) is 4.39 Å². The highest BCUT2D eigenvalue weighted by molar-refractivity contribution is 5.16. The Morgan fingerprint density at radius 3 is 2.44 bits per heavy atom. The highest BCUT2D eigenvalue weighted by Crippen LogP contribution is 2.24. The molecule has 1 rings (SSSR count). The zero-order chi connectivity index (χ0) is 12.2. The van der Waals surface area contributed by atoms with E-state index < -0.39 is 0 Å². The maximum Gasteiger partial charge on any atom is 0.127 e. The number of halogens is 1. The molecular formula is C14H22FN. The van der Waals surface area contributed by atoms with Gasteiger partial charge in [0.1, 0.15) is 5.82 Å². The number of benzene rings is 1. The van der Waals surface area contributed by atoms with Crippen LogP contribution in [0.2, 0.25) is 0 Å². The maximum absolute atomic E-state index is 13.3. The van der Waals surface area contributed by atoms with E-state index in [2.05, 4.69) is 33.0 Å². The quantitative estimate of drug-likeness (QED) is 0.804. The van der Waals surface area contributed by atoms with Crippen molar-refractivity contribution in [3.63, 3.8) is 0 Å². The molecule has 0 radical (unpaired) electrons. The van der Waals surface area contributed by atoms with Crippen molar-refractivity contribution in [3.05, 3.63) is 35.6 Å². The molecule has 0 amide bonds. The van der Waals surface area contributed by atoms with Crippen molar-refractivity contribution in [2.45, 2.75) is 34.2 Å². The Balaban J connectivity index is 2.45. The van der Waals surface area contributed by atoms with Crippen LogP contribution in [-0.2, 0) is 6.54 Å². The summed E-state index contributed by atoms with van der Waals surface area (Å²) < 4.78 is 13.3. The zero-order valence-electron chi connectivity index (χ0n) is 10.7. The third-order valence-electron chi connectivity index (χ3n) is 3.42. The van der Waals surface area contributed by atoms with Crippen LogP contribution in [0.25, 0.3) is 0 Å². The molecular weight excluding hydrogens is 201 g/mol. The van der Waals surface area contributed by atoms with Crippen molar-refractivity contribution in [1.29, 1.82) is 0 Å². The van der Waals surface area contributed by atoms with E-state index in [0.29, 0.717) is 12.5 Å². The van der Waals surface area contributed by atoms with Gasteiger partial charge in [-0.3, -0.25) is 0 Å². The minimum absolute atomic E-state index is 0.127. The van der Waals surface area contributed by atoms with Gasteiger partial charge in [0.25, 0.3) is 0 Å². The first-order chi connectivity index (χ1) is 7.43. The van der Waals surface area contributed by atoms with Crippen LogP contribution >= 0.6 is 0 Å². The molecule has 0 unspecified atom stereocenters. The van der Waals surface area contributed by atoms with E-state index in [0.717, 1.165) is 12.1 Å². The minimum atomic E-state index is -0.127. The molecule has 16 heavy (non-hydrogen) atoms. The van der Waals surface area contributed by atoms with Gasteiger partial charge < -0.3 is 5.32 Å². The van der Waals surface area contributed by atoms with Crippen LogP contribution in [0.4, 0.5) is 4.39 Å². The first kappa shape index (κ1) is 13.2. The standard InChI is InChI=1S/C14H22FN/c1-11(2)14(3,4)10-16-9-12-7-5-6-8-13(12)15/h5-8,11,16H,9-10H2,1-4H3. The summed E-state index contributed by atoms with van der Waals surface area (Å²) >= 11 is 0. The Labute approximate surface area is 98.1 Å². The third-order valence-corrected chi connectivity index (χ3v) is 3.42. The Hall–Kier alpha value is -0.890. The molecule has 0 spiro atoms. The van der Waals surface area contributed by atoms with Crippen LogP contribution in [0.15, 0.2) is 24.3 Å². The van der Waals surface area contributed by atoms with E-state index >= 15 is 0 Å². The van der Waals surface area contributed by atoms with Crippen molar-refractivity contribution in [2.24, 2.45) is 11.3 Å².